The van der Waals surface area contributed by atoms with Gasteiger partial charge in [-0.25, -0.2) is 0 Å². The van der Waals surface area contributed by atoms with Crippen molar-refractivity contribution in [3.63, 3.8) is 0 Å². The Bertz CT molecular complexity index is 1120. The first-order valence-corrected chi connectivity index (χ1v) is 17.8. The lowest BCUT2D eigenvalue weighted by atomic mass is 9.34. The topological polar surface area (TPSA) is 149 Å². The molecule has 0 unspecified atom stereocenters. The molecular formula is C37H64O9. The van der Waals surface area contributed by atoms with Crippen LogP contribution in [0.2, 0.25) is 0 Å². The Labute approximate surface area is 276 Å². The van der Waals surface area contributed by atoms with Crippen LogP contribution in [0.15, 0.2) is 11.6 Å². The van der Waals surface area contributed by atoms with Gasteiger partial charge in [0.05, 0.1) is 30.5 Å². The van der Waals surface area contributed by atoms with Crippen LogP contribution in [0.4, 0.5) is 0 Å². The molecule has 9 nitrogen and oxygen atoms in total. The molecule has 0 aromatic carbocycles. The summed E-state index contributed by atoms with van der Waals surface area (Å²) in [7, 11) is 1.81. The van der Waals surface area contributed by atoms with E-state index in [1.54, 1.807) is 0 Å². The molecule has 5 fully saturated rings. The van der Waals surface area contributed by atoms with E-state index in [1.807, 2.05) is 7.11 Å². The van der Waals surface area contributed by atoms with Crippen LogP contribution in [0.3, 0.4) is 0 Å². The highest BCUT2D eigenvalue weighted by Gasteiger charge is 2.73. The number of methoxy groups -OCH3 is 1. The second-order valence-electron chi connectivity index (χ2n) is 17.6. The molecule has 266 valence electrons. The molecule has 9 heteroatoms. The maximum Gasteiger partial charge on any atom is 0.186 e. The summed E-state index contributed by atoms with van der Waals surface area (Å²) < 4.78 is 19.0. The van der Waals surface area contributed by atoms with Gasteiger partial charge in [-0.05, 0) is 117 Å². The van der Waals surface area contributed by atoms with Crippen LogP contribution in [0, 0.1) is 45.3 Å². The van der Waals surface area contributed by atoms with Crippen molar-refractivity contribution in [2.75, 3.05) is 13.7 Å². The monoisotopic (exact) mass is 652 g/mol. The summed E-state index contributed by atoms with van der Waals surface area (Å²) in [5, 5.41) is 65.6. The molecule has 4 aliphatic carbocycles. The fraction of sp³-hybridized carbons (Fsp3) is 0.946. The Morgan fingerprint density at radius 1 is 0.935 bits per heavy atom. The van der Waals surface area contributed by atoms with E-state index in [9.17, 15) is 30.6 Å². The highest BCUT2D eigenvalue weighted by Crippen LogP contribution is 2.76. The molecule has 1 heterocycles. The van der Waals surface area contributed by atoms with Gasteiger partial charge in [0.2, 0.25) is 0 Å². The zero-order chi connectivity index (χ0) is 34.2. The Balaban J connectivity index is 1.55. The maximum atomic E-state index is 12.2. The van der Waals surface area contributed by atoms with Crippen molar-refractivity contribution in [1.82, 2.24) is 0 Å². The maximum absolute atomic E-state index is 12.2. The van der Waals surface area contributed by atoms with Gasteiger partial charge in [0.25, 0.3) is 0 Å². The minimum absolute atomic E-state index is 0.0284. The second-order valence-corrected chi connectivity index (χ2v) is 17.6. The number of aliphatic hydroxyl groups excluding tert-OH is 6. The predicted octanol–water partition coefficient (Wildman–Crippen LogP) is 3.95. The summed E-state index contributed by atoms with van der Waals surface area (Å²) >= 11 is 0. The van der Waals surface area contributed by atoms with E-state index in [0.717, 1.165) is 32.1 Å². The van der Waals surface area contributed by atoms with Crippen LogP contribution in [0.1, 0.15) is 107 Å². The van der Waals surface area contributed by atoms with Crippen LogP contribution in [0.25, 0.3) is 0 Å². The summed E-state index contributed by atoms with van der Waals surface area (Å²) in [5.41, 5.74) is -0.422. The molecule has 1 saturated heterocycles. The molecule has 0 aromatic heterocycles. The lowest BCUT2D eigenvalue weighted by Gasteiger charge is -2.72. The third-order valence-corrected chi connectivity index (χ3v) is 14.8. The summed E-state index contributed by atoms with van der Waals surface area (Å²) in [4.78, 5) is 0. The van der Waals surface area contributed by atoms with Crippen LogP contribution < -0.4 is 0 Å². The fourth-order valence-electron chi connectivity index (χ4n) is 12.1. The molecule has 16 atom stereocenters. The second kappa shape index (κ2) is 12.6. The number of hydrogen-bond acceptors (Lipinski definition) is 9. The number of ether oxygens (including phenoxy) is 3. The zero-order valence-corrected chi connectivity index (χ0v) is 29.8. The highest BCUT2D eigenvalue weighted by molar-refractivity contribution is 5.22. The lowest BCUT2D eigenvalue weighted by Crippen LogP contribution is -2.71. The highest BCUT2D eigenvalue weighted by atomic mass is 16.7. The van der Waals surface area contributed by atoms with Gasteiger partial charge in [0.15, 0.2) is 6.29 Å². The van der Waals surface area contributed by atoms with Gasteiger partial charge in [-0.15, -0.1) is 0 Å². The lowest BCUT2D eigenvalue weighted by molar-refractivity contribution is -0.347. The first kappa shape index (κ1) is 36.7. The van der Waals surface area contributed by atoms with Crippen LogP contribution in [-0.4, -0.2) is 99.0 Å². The Morgan fingerprint density at radius 3 is 2.22 bits per heavy atom. The third kappa shape index (κ3) is 5.47. The van der Waals surface area contributed by atoms with Gasteiger partial charge < -0.3 is 44.8 Å². The number of aliphatic hydroxyl groups is 6. The Morgan fingerprint density at radius 2 is 1.61 bits per heavy atom. The van der Waals surface area contributed by atoms with Gasteiger partial charge in [0, 0.05) is 7.11 Å². The molecule has 0 amide bonds. The van der Waals surface area contributed by atoms with E-state index < -0.39 is 61.0 Å². The molecular weight excluding hydrogens is 588 g/mol. The average molecular weight is 653 g/mol. The first-order chi connectivity index (χ1) is 21.3. The van der Waals surface area contributed by atoms with Crippen molar-refractivity contribution in [2.45, 2.75) is 161 Å². The predicted molar refractivity (Wildman–Crippen MR) is 174 cm³/mol. The van der Waals surface area contributed by atoms with E-state index in [0.29, 0.717) is 19.3 Å². The zero-order valence-electron chi connectivity index (χ0n) is 29.8. The summed E-state index contributed by atoms with van der Waals surface area (Å²) in [5.74, 6) is 0.245. The van der Waals surface area contributed by atoms with Gasteiger partial charge in [0.1, 0.15) is 24.4 Å². The van der Waals surface area contributed by atoms with Crippen molar-refractivity contribution in [2.24, 2.45) is 45.3 Å². The number of fused-ring (bicyclic) bond motifs is 5. The number of hydrogen-bond donors (Lipinski definition) is 6. The summed E-state index contributed by atoms with van der Waals surface area (Å²) in [6.07, 6.45) is 0.454. The standard InChI is InChI=1S/C37H64O9/c1-20(2)11-10-14-37(8,44-9)21-12-16-35(6)27(21)22(39)17-25-34(5)15-13-26(40)33(3,4)31(34)23(18-36(25,35)7)45-32-30(43)29(42)28(41)24(19-38)46-32/h11,21-32,38-43H,10,12-19H2,1-9H3/t21-,22+,23-,24+,25+,26-,27-,28+,29-,30+,31-,32+,34+,35+,36+,37-/m0/s1. The number of rotatable bonds is 8. The summed E-state index contributed by atoms with van der Waals surface area (Å²) in [6, 6.07) is 0. The normalized spacial score (nSPS) is 51.4. The van der Waals surface area contributed by atoms with Crippen LogP contribution in [-0.2, 0) is 14.2 Å². The minimum Gasteiger partial charge on any atom is -0.394 e. The molecule has 5 aliphatic rings. The van der Waals surface area contributed by atoms with E-state index in [4.69, 9.17) is 14.2 Å². The SMILES string of the molecule is CO[C@@](C)(CCC=C(C)C)[C@H]1CC[C@]2(C)[C@@H]1[C@H](O)C[C@@H]1[C@@]3(C)CC[C@H](O)C(C)(C)[C@@H]3[C@@H](O[C@@H]3O[C@H](CO)[C@@H](O)[C@H](O)[C@H]3O)C[C@]12C. The van der Waals surface area contributed by atoms with Gasteiger partial charge in [-0.2, -0.15) is 0 Å². The number of allylic oxidation sites excluding steroid dienone is 2. The van der Waals surface area contributed by atoms with E-state index in [-0.39, 0.29) is 45.5 Å². The largest absolute Gasteiger partial charge is 0.394 e. The smallest absolute Gasteiger partial charge is 0.186 e. The average Bonchev–Trinajstić information content (AvgIpc) is 3.37. The van der Waals surface area contributed by atoms with E-state index in [1.165, 1.54) is 5.57 Å². The van der Waals surface area contributed by atoms with Crippen molar-refractivity contribution in [1.29, 1.82) is 0 Å². The molecule has 1 aliphatic heterocycles. The fourth-order valence-corrected chi connectivity index (χ4v) is 12.1. The van der Waals surface area contributed by atoms with Gasteiger partial charge >= 0.3 is 0 Å². The van der Waals surface area contributed by atoms with Gasteiger partial charge in [-0.3, -0.25) is 0 Å². The van der Waals surface area contributed by atoms with E-state index in [2.05, 4.69) is 61.5 Å². The van der Waals surface area contributed by atoms with Gasteiger partial charge in [-0.1, -0.05) is 46.3 Å². The molecule has 46 heavy (non-hydrogen) atoms. The van der Waals surface area contributed by atoms with Crippen molar-refractivity contribution < 1.29 is 44.8 Å². The summed E-state index contributed by atoms with van der Waals surface area (Å²) in [6.45, 7) is 17.2. The third-order valence-electron chi connectivity index (χ3n) is 14.8. The van der Waals surface area contributed by atoms with Crippen molar-refractivity contribution in [3.05, 3.63) is 11.6 Å². The molecule has 0 radical (unpaired) electrons. The molecule has 4 saturated carbocycles. The van der Waals surface area contributed by atoms with Crippen LogP contribution in [0.5, 0.6) is 0 Å². The molecule has 6 N–H and O–H groups in total. The Hall–Kier alpha value is -0.620. The van der Waals surface area contributed by atoms with E-state index >= 15 is 0 Å². The molecule has 0 aromatic rings. The van der Waals surface area contributed by atoms with Crippen molar-refractivity contribution >= 4 is 0 Å². The van der Waals surface area contributed by atoms with Crippen LogP contribution >= 0.6 is 0 Å². The quantitative estimate of drug-likeness (QED) is 0.169. The molecule has 0 bridgehead atoms. The van der Waals surface area contributed by atoms with Crippen molar-refractivity contribution in [3.8, 4) is 0 Å². The Kier molecular flexibility index (Phi) is 10.0. The minimum atomic E-state index is -1.53. The molecule has 5 rings (SSSR count). The first-order valence-electron chi connectivity index (χ1n) is 17.8. The molecule has 0 spiro atoms.